The number of benzene rings is 2. The third-order valence-corrected chi connectivity index (χ3v) is 6.52. The summed E-state index contributed by atoms with van der Waals surface area (Å²) >= 11 is 1.10. The summed E-state index contributed by atoms with van der Waals surface area (Å²) in [6.07, 6.45) is 1.22. The lowest BCUT2D eigenvalue weighted by atomic mass is 9.87. The van der Waals surface area contributed by atoms with E-state index < -0.39 is 40.2 Å². The number of carbonyl (C=O) groups excluding carboxylic acids is 3. The highest BCUT2D eigenvalue weighted by Gasteiger charge is 2.68. The second-order valence-electron chi connectivity index (χ2n) is 7.45. The first-order chi connectivity index (χ1) is 16.3. The number of nitro benzene ring substituents is 1. The van der Waals surface area contributed by atoms with Crippen LogP contribution in [0.1, 0.15) is 5.56 Å². The van der Waals surface area contributed by atoms with E-state index in [1.807, 2.05) is 0 Å². The van der Waals surface area contributed by atoms with Gasteiger partial charge < -0.3 is 19.9 Å². The Morgan fingerprint density at radius 1 is 1.21 bits per heavy atom. The number of nitrogens with one attached hydrogen (secondary N) is 1. The van der Waals surface area contributed by atoms with Gasteiger partial charge in [-0.1, -0.05) is 18.2 Å². The maximum Gasteiger partial charge on any atom is 0.345 e. The predicted molar refractivity (Wildman–Crippen MR) is 120 cm³/mol. The second kappa shape index (κ2) is 9.43. The molecular weight excluding hydrogens is 466 g/mol. The molecular formula is C22H19N3O8S. The van der Waals surface area contributed by atoms with Crippen LogP contribution in [-0.4, -0.2) is 56.0 Å². The zero-order valence-corrected chi connectivity index (χ0v) is 18.4. The van der Waals surface area contributed by atoms with Crippen LogP contribution in [0.3, 0.4) is 0 Å². The van der Waals surface area contributed by atoms with Crippen LogP contribution in [0.15, 0.2) is 66.6 Å². The van der Waals surface area contributed by atoms with E-state index in [-0.39, 0.29) is 23.8 Å². The Bertz CT molecular complexity index is 1150. The van der Waals surface area contributed by atoms with E-state index in [1.54, 1.807) is 30.3 Å². The lowest BCUT2D eigenvalue weighted by Crippen LogP contribution is -2.82. The molecule has 0 aromatic heterocycles. The number of esters is 1. The number of non-ortho nitro benzene ring substituents is 1. The van der Waals surface area contributed by atoms with Crippen molar-refractivity contribution in [2.45, 2.75) is 17.5 Å². The van der Waals surface area contributed by atoms with Gasteiger partial charge >= 0.3 is 5.97 Å². The molecule has 176 valence electrons. The summed E-state index contributed by atoms with van der Waals surface area (Å²) in [5.74, 6) is -1.90. The molecule has 2 atom stereocenters. The Labute approximate surface area is 197 Å². The number of amides is 2. The van der Waals surface area contributed by atoms with Gasteiger partial charge in [-0.05, 0) is 29.8 Å². The molecule has 0 spiro atoms. The normalized spacial score (nSPS) is 20.9. The number of hydrogen-bond acceptors (Lipinski definition) is 9. The number of nitro groups is 1. The van der Waals surface area contributed by atoms with Crippen LogP contribution in [0.4, 0.5) is 5.69 Å². The van der Waals surface area contributed by atoms with Crippen LogP contribution in [0.2, 0.25) is 0 Å². The van der Waals surface area contributed by atoms with E-state index in [4.69, 9.17) is 9.47 Å². The summed E-state index contributed by atoms with van der Waals surface area (Å²) in [5, 5.41) is 22.2. The molecule has 2 aliphatic heterocycles. The Morgan fingerprint density at radius 2 is 1.91 bits per heavy atom. The smallest absolute Gasteiger partial charge is 0.345 e. The van der Waals surface area contributed by atoms with Crippen molar-refractivity contribution in [1.29, 1.82) is 0 Å². The fourth-order valence-corrected chi connectivity index (χ4v) is 4.73. The number of aliphatic hydroxyl groups excluding tert-OH is 1. The van der Waals surface area contributed by atoms with Gasteiger partial charge in [-0.15, -0.1) is 11.8 Å². The molecule has 0 bridgehead atoms. The van der Waals surface area contributed by atoms with Gasteiger partial charge in [-0.3, -0.25) is 24.6 Å². The highest BCUT2D eigenvalue weighted by Crippen LogP contribution is 2.43. The summed E-state index contributed by atoms with van der Waals surface area (Å²) in [4.78, 5) is 50.1. The molecule has 11 nitrogen and oxygen atoms in total. The molecule has 1 unspecified atom stereocenters. The highest BCUT2D eigenvalue weighted by molar-refractivity contribution is 8.00. The van der Waals surface area contributed by atoms with Crippen molar-refractivity contribution in [3.63, 3.8) is 0 Å². The molecule has 0 saturated carbocycles. The van der Waals surface area contributed by atoms with Gasteiger partial charge in [0.05, 0.1) is 10.7 Å². The summed E-state index contributed by atoms with van der Waals surface area (Å²) in [7, 11) is 0. The largest absolute Gasteiger partial charge is 0.510 e. The van der Waals surface area contributed by atoms with E-state index in [9.17, 15) is 29.6 Å². The summed E-state index contributed by atoms with van der Waals surface area (Å²) in [5.41, 5.74) is -1.66. The number of carbonyl (C=O) groups is 3. The van der Waals surface area contributed by atoms with Crippen LogP contribution in [-0.2, 0) is 25.7 Å². The second-order valence-corrected chi connectivity index (χ2v) is 8.52. The average molecular weight is 485 g/mol. The molecule has 12 heteroatoms. The fourth-order valence-electron chi connectivity index (χ4n) is 3.50. The van der Waals surface area contributed by atoms with Crippen molar-refractivity contribution in [2.24, 2.45) is 0 Å². The lowest BCUT2D eigenvalue weighted by Gasteiger charge is -2.53. The average Bonchev–Trinajstić information content (AvgIpc) is 2.85. The van der Waals surface area contributed by atoms with Crippen LogP contribution in [0, 0.1) is 10.1 Å². The molecule has 4 rings (SSSR count). The van der Waals surface area contributed by atoms with Crippen LogP contribution in [0.5, 0.6) is 5.75 Å². The number of fused-ring (bicyclic) bond motifs is 1. The summed E-state index contributed by atoms with van der Waals surface area (Å²) in [6, 6.07) is 13.9. The first kappa shape index (κ1) is 23.1. The van der Waals surface area contributed by atoms with Crippen molar-refractivity contribution >= 4 is 35.2 Å². The van der Waals surface area contributed by atoms with Gasteiger partial charge in [0.2, 0.25) is 5.54 Å². The zero-order chi connectivity index (χ0) is 24.3. The van der Waals surface area contributed by atoms with Crippen LogP contribution in [0.25, 0.3) is 0 Å². The number of aliphatic hydroxyl groups is 1. The number of para-hydroxylation sites is 1. The minimum atomic E-state index is -2.00. The van der Waals surface area contributed by atoms with E-state index in [1.165, 1.54) is 30.5 Å². The van der Waals surface area contributed by atoms with Crippen molar-refractivity contribution in [1.82, 2.24) is 10.2 Å². The SMILES string of the molecule is O=C(COc1ccccc1)NC1(C(=O)OCc2ccc([N+](=O)[O-])cc2)C(=O)N2C=C(O)CS[C@H]21. The maximum absolute atomic E-state index is 13.1. The number of thioether (sulfide) groups is 1. The van der Waals surface area contributed by atoms with E-state index in [0.29, 0.717) is 11.3 Å². The quantitative estimate of drug-likeness (QED) is 0.188. The molecule has 34 heavy (non-hydrogen) atoms. The molecule has 2 aliphatic rings. The number of ether oxygens (including phenoxy) is 2. The minimum Gasteiger partial charge on any atom is -0.510 e. The van der Waals surface area contributed by atoms with Gasteiger partial charge in [0, 0.05) is 18.3 Å². The third-order valence-electron chi connectivity index (χ3n) is 5.16. The van der Waals surface area contributed by atoms with Gasteiger partial charge in [0.1, 0.15) is 23.5 Å². The Balaban J connectivity index is 1.48. The Morgan fingerprint density at radius 3 is 2.59 bits per heavy atom. The number of rotatable bonds is 8. The summed E-state index contributed by atoms with van der Waals surface area (Å²) < 4.78 is 10.7. The third kappa shape index (κ3) is 4.39. The fraction of sp³-hybridized carbons (Fsp3) is 0.227. The van der Waals surface area contributed by atoms with Crippen molar-refractivity contribution in [3.8, 4) is 5.75 Å². The molecule has 0 aliphatic carbocycles. The van der Waals surface area contributed by atoms with Crippen molar-refractivity contribution < 1.29 is 33.9 Å². The van der Waals surface area contributed by atoms with Gasteiger partial charge in [0.25, 0.3) is 17.5 Å². The Kier molecular flexibility index (Phi) is 6.41. The minimum absolute atomic E-state index is 0.0406. The molecule has 1 fully saturated rings. The van der Waals surface area contributed by atoms with Crippen molar-refractivity contribution in [3.05, 3.63) is 82.2 Å². The molecule has 2 heterocycles. The van der Waals surface area contributed by atoms with Crippen LogP contribution >= 0.6 is 11.8 Å². The van der Waals surface area contributed by atoms with Crippen molar-refractivity contribution in [2.75, 3.05) is 12.4 Å². The topological polar surface area (TPSA) is 148 Å². The summed E-state index contributed by atoms with van der Waals surface area (Å²) in [6.45, 7) is -0.701. The van der Waals surface area contributed by atoms with E-state index in [2.05, 4.69) is 5.32 Å². The number of nitrogens with zero attached hydrogens (tertiary/aromatic N) is 2. The van der Waals surface area contributed by atoms with Gasteiger partial charge in [0.15, 0.2) is 6.61 Å². The molecule has 2 amide bonds. The lowest BCUT2D eigenvalue weighted by molar-refractivity contribution is -0.384. The molecule has 2 aromatic carbocycles. The molecule has 0 radical (unpaired) electrons. The van der Waals surface area contributed by atoms with Gasteiger partial charge in [-0.25, -0.2) is 4.79 Å². The Hall–Kier alpha value is -4.06. The zero-order valence-electron chi connectivity index (χ0n) is 17.6. The highest BCUT2D eigenvalue weighted by atomic mass is 32.2. The number of β-lactam (4-membered cyclic amide) rings is 1. The standard InChI is InChI=1S/C22H19N3O8S/c26-16-10-24-19(28)22(20(24)34-13-16,23-18(27)12-32-17-4-2-1-3-5-17)21(29)33-11-14-6-8-15(9-7-14)25(30)31/h1-10,20,26H,11-13H2,(H,23,27)/t20-,22?/m0/s1. The van der Waals surface area contributed by atoms with E-state index >= 15 is 0 Å². The predicted octanol–water partition coefficient (Wildman–Crippen LogP) is 1.89. The van der Waals surface area contributed by atoms with Crippen LogP contribution < -0.4 is 10.1 Å². The molecule has 1 saturated heterocycles. The number of hydrogen-bond donors (Lipinski definition) is 2. The first-order valence-electron chi connectivity index (χ1n) is 10.0. The van der Waals surface area contributed by atoms with E-state index in [0.717, 1.165) is 16.7 Å². The first-order valence-corrected chi connectivity index (χ1v) is 11.1. The molecule has 2 N–H and O–H groups in total. The molecule has 2 aromatic rings. The van der Waals surface area contributed by atoms with Gasteiger partial charge in [-0.2, -0.15) is 0 Å². The monoisotopic (exact) mass is 485 g/mol. The maximum atomic E-state index is 13.1.